The minimum atomic E-state index is -1.40. The number of rotatable bonds is 8. The number of ether oxygens (including phenoxy) is 2. The summed E-state index contributed by atoms with van der Waals surface area (Å²) in [5.74, 6) is -3.42. The van der Waals surface area contributed by atoms with Crippen LogP contribution in [0.3, 0.4) is 0 Å². The molecule has 7 nitrogen and oxygen atoms in total. The molecule has 1 unspecified atom stereocenters. The highest BCUT2D eigenvalue weighted by atomic mass is 19.1. The summed E-state index contributed by atoms with van der Waals surface area (Å²) in [6, 6.07) is 15.8. The summed E-state index contributed by atoms with van der Waals surface area (Å²) in [5, 5.41) is 12.5. The van der Waals surface area contributed by atoms with Crippen LogP contribution in [0.5, 0.6) is 11.5 Å². The third-order valence-corrected chi connectivity index (χ3v) is 5.67. The predicted molar refractivity (Wildman–Crippen MR) is 129 cm³/mol. The highest BCUT2D eigenvalue weighted by molar-refractivity contribution is 5.97. The van der Waals surface area contributed by atoms with Crippen molar-refractivity contribution in [1.29, 1.82) is 0 Å². The lowest BCUT2D eigenvalue weighted by Crippen LogP contribution is -2.42. The summed E-state index contributed by atoms with van der Waals surface area (Å²) in [6.07, 6.45) is -0.102. The van der Waals surface area contributed by atoms with Gasteiger partial charge in [-0.1, -0.05) is 24.3 Å². The molecule has 1 aromatic heterocycles. The van der Waals surface area contributed by atoms with Crippen LogP contribution in [0.1, 0.15) is 15.9 Å². The van der Waals surface area contributed by atoms with E-state index < -0.39 is 35.1 Å². The number of amides is 1. The van der Waals surface area contributed by atoms with Gasteiger partial charge in [0.05, 0.1) is 31.0 Å². The molecule has 3 aromatic carbocycles. The van der Waals surface area contributed by atoms with Crippen LogP contribution < -0.4 is 14.8 Å². The third kappa shape index (κ3) is 4.95. The Kier molecular flexibility index (Phi) is 7.10. The molecule has 9 heteroatoms. The highest BCUT2D eigenvalue weighted by Crippen LogP contribution is 2.37. The number of nitrogens with zero attached hydrogens (tertiary/aromatic N) is 1. The van der Waals surface area contributed by atoms with Gasteiger partial charge in [-0.05, 0) is 48.0 Å². The maximum atomic E-state index is 13.9. The fourth-order valence-electron chi connectivity index (χ4n) is 3.93. The first-order valence-corrected chi connectivity index (χ1v) is 10.9. The molecule has 0 aliphatic heterocycles. The zero-order chi connectivity index (χ0) is 25.8. The molecule has 0 aliphatic rings. The van der Waals surface area contributed by atoms with Crippen molar-refractivity contribution in [3.8, 4) is 22.8 Å². The SMILES string of the molecule is COc1cccc(OC)c1-c1ccc2cc(CC(NC(=O)c3c(F)cccc3F)C(=O)O)ccc2n1. The van der Waals surface area contributed by atoms with Crippen molar-refractivity contribution in [1.82, 2.24) is 10.3 Å². The first kappa shape index (κ1) is 24.6. The molecule has 0 saturated heterocycles. The second kappa shape index (κ2) is 10.4. The van der Waals surface area contributed by atoms with E-state index in [1.165, 1.54) is 0 Å². The van der Waals surface area contributed by atoms with E-state index in [9.17, 15) is 23.5 Å². The van der Waals surface area contributed by atoms with Gasteiger partial charge in [-0.2, -0.15) is 0 Å². The van der Waals surface area contributed by atoms with Crippen LogP contribution in [0.25, 0.3) is 22.2 Å². The molecule has 36 heavy (non-hydrogen) atoms. The standard InChI is InChI=1S/C27H22F2N2O5/c1-35-22-7-4-8-23(36-2)25(22)20-12-10-16-13-15(9-11-19(16)30-20)14-21(27(33)34)31-26(32)24-17(28)5-3-6-18(24)29/h3-13,21H,14H2,1-2H3,(H,31,32)(H,33,34). The lowest BCUT2D eigenvalue weighted by molar-refractivity contribution is -0.139. The van der Waals surface area contributed by atoms with Crippen LogP contribution >= 0.6 is 0 Å². The van der Waals surface area contributed by atoms with Gasteiger partial charge in [0.15, 0.2) is 0 Å². The number of aliphatic carboxylic acids is 1. The van der Waals surface area contributed by atoms with Gasteiger partial charge >= 0.3 is 5.97 Å². The summed E-state index contributed by atoms with van der Waals surface area (Å²) in [7, 11) is 3.12. The van der Waals surface area contributed by atoms with Crippen molar-refractivity contribution in [2.45, 2.75) is 12.5 Å². The number of hydrogen-bond donors (Lipinski definition) is 2. The predicted octanol–water partition coefficient (Wildman–Crippen LogP) is 4.62. The number of halogens is 2. The number of fused-ring (bicyclic) bond motifs is 1. The Hall–Kier alpha value is -4.53. The summed E-state index contributed by atoms with van der Waals surface area (Å²) in [6.45, 7) is 0. The Morgan fingerprint density at radius 1 is 0.944 bits per heavy atom. The molecule has 0 radical (unpaired) electrons. The number of nitrogens with one attached hydrogen (secondary N) is 1. The van der Waals surface area contributed by atoms with Crippen LogP contribution in [0.2, 0.25) is 0 Å². The van der Waals surface area contributed by atoms with Crippen molar-refractivity contribution in [3.05, 3.63) is 89.5 Å². The second-order valence-electron chi connectivity index (χ2n) is 7.93. The molecule has 0 spiro atoms. The lowest BCUT2D eigenvalue weighted by Gasteiger charge is -2.16. The molecule has 1 atom stereocenters. The lowest BCUT2D eigenvalue weighted by atomic mass is 10.0. The van der Waals surface area contributed by atoms with Gasteiger partial charge in [0.25, 0.3) is 5.91 Å². The molecule has 0 aliphatic carbocycles. The van der Waals surface area contributed by atoms with E-state index in [1.807, 2.05) is 12.1 Å². The molecule has 2 N–H and O–H groups in total. The number of carbonyl (C=O) groups is 2. The van der Waals surface area contributed by atoms with Crippen LogP contribution in [-0.4, -0.2) is 42.2 Å². The van der Waals surface area contributed by atoms with E-state index in [-0.39, 0.29) is 6.42 Å². The van der Waals surface area contributed by atoms with Gasteiger partial charge in [-0.25, -0.2) is 18.6 Å². The third-order valence-electron chi connectivity index (χ3n) is 5.67. The minimum Gasteiger partial charge on any atom is -0.496 e. The molecular formula is C27H22F2N2O5. The average Bonchev–Trinajstić information content (AvgIpc) is 2.87. The maximum Gasteiger partial charge on any atom is 0.326 e. The molecule has 1 heterocycles. The van der Waals surface area contributed by atoms with E-state index in [2.05, 4.69) is 5.32 Å². The van der Waals surface area contributed by atoms with Crippen LogP contribution in [0, 0.1) is 11.6 Å². The monoisotopic (exact) mass is 492 g/mol. The Morgan fingerprint density at radius 3 is 2.19 bits per heavy atom. The number of methoxy groups -OCH3 is 2. The number of hydrogen-bond acceptors (Lipinski definition) is 5. The highest BCUT2D eigenvalue weighted by Gasteiger charge is 2.25. The van der Waals surface area contributed by atoms with Crippen LogP contribution in [-0.2, 0) is 11.2 Å². The maximum absolute atomic E-state index is 13.9. The zero-order valence-electron chi connectivity index (χ0n) is 19.4. The average molecular weight is 492 g/mol. The number of carboxylic acid groups (broad SMARTS) is 1. The Balaban J connectivity index is 1.60. The van der Waals surface area contributed by atoms with Gasteiger partial charge in [-0.15, -0.1) is 0 Å². The normalized spacial score (nSPS) is 11.7. The minimum absolute atomic E-state index is 0.102. The van der Waals surface area contributed by atoms with E-state index >= 15 is 0 Å². The fourth-order valence-corrected chi connectivity index (χ4v) is 3.93. The quantitative estimate of drug-likeness (QED) is 0.373. The van der Waals surface area contributed by atoms with Crippen molar-refractivity contribution in [2.24, 2.45) is 0 Å². The summed E-state index contributed by atoms with van der Waals surface area (Å²) in [4.78, 5) is 28.9. The molecule has 0 fully saturated rings. The smallest absolute Gasteiger partial charge is 0.326 e. The first-order chi connectivity index (χ1) is 17.3. The molecule has 1 amide bonds. The zero-order valence-corrected chi connectivity index (χ0v) is 19.4. The summed E-state index contributed by atoms with van der Waals surface area (Å²) < 4.78 is 38.8. The number of pyridine rings is 1. The molecular weight excluding hydrogens is 470 g/mol. The van der Waals surface area contributed by atoms with Gasteiger partial charge in [0, 0.05) is 11.8 Å². The second-order valence-corrected chi connectivity index (χ2v) is 7.93. The van der Waals surface area contributed by atoms with Gasteiger partial charge in [0.2, 0.25) is 0 Å². The van der Waals surface area contributed by atoms with Crippen molar-refractivity contribution >= 4 is 22.8 Å². The number of carbonyl (C=O) groups excluding carboxylic acids is 1. The Morgan fingerprint density at radius 2 is 1.58 bits per heavy atom. The first-order valence-electron chi connectivity index (χ1n) is 10.9. The summed E-state index contributed by atoms with van der Waals surface area (Å²) in [5.41, 5.74) is 1.74. The number of aromatic nitrogens is 1. The van der Waals surface area contributed by atoms with Crippen LogP contribution in [0.4, 0.5) is 8.78 Å². The number of carboxylic acids is 1. The molecule has 4 rings (SSSR count). The van der Waals surface area contributed by atoms with E-state index in [4.69, 9.17) is 14.5 Å². The fraction of sp³-hybridized carbons (Fsp3) is 0.148. The Bertz CT molecular complexity index is 1420. The van der Waals surface area contributed by atoms with Gasteiger partial charge in [0.1, 0.15) is 34.7 Å². The topological polar surface area (TPSA) is 97.8 Å². The van der Waals surface area contributed by atoms with Crippen molar-refractivity contribution in [2.75, 3.05) is 14.2 Å². The number of benzene rings is 3. The largest absolute Gasteiger partial charge is 0.496 e. The van der Waals surface area contributed by atoms with Gasteiger partial charge < -0.3 is 19.9 Å². The van der Waals surface area contributed by atoms with Crippen molar-refractivity contribution in [3.63, 3.8) is 0 Å². The van der Waals surface area contributed by atoms with E-state index in [0.29, 0.717) is 33.8 Å². The molecule has 0 saturated carbocycles. The van der Waals surface area contributed by atoms with Crippen molar-refractivity contribution < 1.29 is 33.0 Å². The van der Waals surface area contributed by atoms with E-state index in [0.717, 1.165) is 23.6 Å². The molecule has 4 aromatic rings. The summed E-state index contributed by atoms with van der Waals surface area (Å²) >= 11 is 0. The molecule has 0 bridgehead atoms. The Labute approximate surface area is 205 Å². The van der Waals surface area contributed by atoms with Crippen LogP contribution in [0.15, 0.2) is 66.7 Å². The van der Waals surface area contributed by atoms with E-state index in [1.54, 1.807) is 50.6 Å². The molecule has 184 valence electrons. The van der Waals surface area contributed by atoms with Gasteiger partial charge in [-0.3, -0.25) is 4.79 Å².